The molecule has 1 saturated carbocycles. The number of anilines is 2. The Hall–Kier alpha value is -7.53. The number of piperazine rings is 3. The molecule has 624 valence electrons. The molecule has 32 heteroatoms. The average molecular weight is 1690 g/mol. The fraction of sp³-hybridized carbons (Fsp3) is 0.524. The van der Waals surface area contributed by atoms with Gasteiger partial charge in [-0.1, -0.05) is 99.5 Å². The van der Waals surface area contributed by atoms with Crippen LogP contribution in [0.4, 0.5) is 24.5 Å². The molecular weight excluding hydrogens is 1590 g/mol. The van der Waals surface area contributed by atoms with E-state index in [0.29, 0.717) is 95.4 Å². The molecule has 116 heavy (non-hydrogen) atoms. The van der Waals surface area contributed by atoms with Crippen molar-refractivity contribution in [2.45, 2.75) is 155 Å². The van der Waals surface area contributed by atoms with Crippen molar-refractivity contribution in [1.29, 1.82) is 0 Å². The van der Waals surface area contributed by atoms with E-state index in [9.17, 15) is 59.1 Å². The number of morpholine rings is 1. The molecule has 6 aromatic rings. The molecule has 5 amide bonds. The number of rotatable bonds is 28. The number of aliphatic hydroxyl groups excluding tert-OH is 1. The number of aryl methyl sites for hydroxylation is 1. The molecule has 2 aliphatic carbocycles. The molecule has 8 aliphatic rings. The summed E-state index contributed by atoms with van der Waals surface area (Å²) in [5.74, 6) is -1.66. The lowest BCUT2D eigenvalue weighted by atomic mass is 9.52. The summed E-state index contributed by atoms with van der Waals surface area (Å²) < 4.78 is 105. The topological polar surface area (TPSA) is 270 Å². The number of sulfonamides is 1. The van der Waals surface area contributed by atoms with E-state index in [0.717, 1.165) is 121 Å². The molecule has 7 heterocycles. The van der Waals surface area contributed by atoms with Gasteiger partial charge >= 0.3 is 5.51 Å². The monoisotopic (exact) mass is 1690 g/mol. The van der Waals surface area contributed by atoms with E-state index in [1.54, 1.807) is 23.5 Å². The normalized spacial score (nSPS) is 24.1. The lowest BCUT2D eigenvalue weighted by Crippen LogP contribution is -2.96. The highest BCUT2D eigenvalue weighted by molar-refractivity contribution is 7.99. The third-order valence-electron chi connectivity index (χ3n) is 24.9. The number of β-amino-alcohol motifs (C(OH)–C–C–N with tert-alkyl or cyclic N) is 1. The molecule has 5 aromatic carbocycles. The smallest absolute Gasteiger partial charge is 0.391 e. The molecule has 0 radical (unpaired) electrons. The molecule has 5 N–H and O–H groups in total. The van der Waals surface area contributed by atoms with Crippen LogP contribution in [0, 0.1) is 17.8 Å². The average Bonchev–Trinajstić information content (AvgIpc) is 0.707. The van der Waals surface area contributed by atoms with Crippen LogP contribution in [0.15, 0.2) is 147 Å². The van der Waals surface area contributed by atoms with Gasteiger partial charge in [0.05, 0.1) is 70.7 Å². The highest BCUT2D eigenvalue weighted by Gasteiger charge is 2.74. The highest BCUT2D eigenvalue weighted by Crippen LogP contribution is 2.60. The number of nitrogens with zero attached hydrogens (tertiary/aromatic N) is 9. The van der Waals surface area contributed by atoms with E-state index in [-0.39, 0.29) is 71.9 Å². The van der Waals surface area contributed by atoms with Crippen LogP contribution in [0.3, 0.4) is 0 Å². The van der Waals surface area contributed by atoms with Crippen LogP contribution >= 0.6 is 34.7 Å². The summed E-state index contributed by atoms with van der Waals surface area (Å²) in [7, 11) is -11.0. The van der Waals surface area contributed by atoms with E-state index >= 15 is 0 Å². The second-order valence-corrected chi connectivity index (χ2v) is 39.8. The van der Waals surface area contributed by atoms with Gasteiger partial charge in [0, 0.05) is 150 Å². The van der Waals surface area contributed by atoms with Gasteiger partial charge in [0.2, 0.25) is 23.6 Å². The minimum Gasteiger partial charge on any atom is -0.391 e. The number of allylic oxidation sites excluding steroid dienone is 1. The molecule has 9 atom stereocenters. The predicted molar refractivity (Wildman–Crippen MR) is 443 cm³/mol. The van der Waals surface area contributed by atoms with Crippen molar-refractivity contribution in [3.05, 3.63) is 160 Å². The first kappa shape index (κ1) is 84.9. The molecule has 14 rings (SSSR count). The lowest BCUT2D eigenvalue weighted by molar-refractivity contribution is -0.289. The Labute approximate surface area is 691 Å². The van der Waals surface area contributed by atoms with E-state index in [1.807, 2.05) is 116 Å². The Kier molecular flexibility index (Phi) is 25.6. The molecule has 4 unspecified atom stereocenters. The molecule has 24 nitrogen and oxygen atoms in total. The second-order valence-electron chi connectivity index (χ2n) is 33.8. The number of carbonyl (C=O) groups excluding carboxylic acids is 5. The van der Waals surface area contributed by atoms with Crippen LogP contribution < -0.4 is 25.6 Å². The molecule has 1 spiro atoms. The zero-order chi connectivity index (χ0) is 82.2. The standard InChI is InChI=1S/C84H105ClF3N13O11S4/c1-55(57-12-14-59(15-13-57)76-56(2)89-54-114-76)90-79(106)70-44-65(102)48-100(70)80(107)77(81(3,4)5)92-74(103)50-101-72-27-30-83(72)73(101)49-99(83)51-75(104)98-38-34-96(35-39-98)53-82(6)29-26-68(58-16-20-62(85)21-17-58)61(46-82)47-95-32-36-97(37-33-95)64-22-18-60(19-23-64)78(105)93-116(110,111)67-24-25-69(71(45-67)115(108,109)84(86,87)88)91-63(28-31-94-40-42-112-43-41-94)52-113-66-10-8-7-9-11-66/h7-25,45,54-55,63,65,70,72-73,77,91,102H,26-44,46-53H2,1-6H3,(H,90,106)(H,92,103)(H,93,105)/t55-,63+,65+,70-,72?,73?,77+,82?,83?/m0/s1. The van der Waals surface area contributed by atoms with Crippen molar-refractivity contribution < 1.29 is 63.8 Å². The maximum absolute atomic E-state index is 14.6. The number of ether oxygens (including phenoxy) is 1. The number of nitrogens with one attached hydrogen (secondary N) is 4. The number of alkyl halides is 3. The number of piperidine rings is 1. The molecule has 0 bridgehead atoms. The van der Waals surface area contributed by atoms with Gasteiger partial charge in [0.25, 0.3) is 25.8 Å². The number of likely N-dealkylation sites (tertiary alicyclic amines) is 3. The number of halogens is 4. The summed E-state index contributed by atoms with van der Waals surface area (Å²) in [6, 6.07) is 31.6. The third-order valence-corrected chi connectivity index (χ3v) is 30.1. The number of hydrogen-bond acceptors (Lipinski definition) is 21. The van der Waals surface area contributed by atoms with Gasteiger partial charge in [-0.05, 0) is 152 Å². The van der Waals surface area contributed by atoms with Crippen molar-refractivity contribution in [1.82, 2.24) is 54.6 Å². The SMILES string of the molecule is Cc1ncsc1-c1ccc([C@H](C)NC(=O)[C@@H]2C[C@@H](O)CN2C(=O)[C@@H](NC(=O)CN2C3CCC34C2CN4CC(=O)N2CCN(CC3(C)CCC(c4ccc(Cl)cc4)=C(CN4CCN(c5ccc(C(=O)NS(=O)(=O)c6ccc(N[C@H](CCN7CCOCC7)CSc7ccccc7)c(S(=O)(=O)C(F)(F)F)c6)cc5)CC4)C3)CC2)C(C)(C)C)cc1. The fourth-order valence-electron chi connectivity index (χ4n) is 18.2. The van der Waals surface area contributed by atoms with Gasteiger partial charge in [-0.2, -0.15) is 13.2 Å². The Morgan fingerprint density at radius 1 is 0.784 bits per heavy atom. The quantitative estimate of drug-likeness (QED) is 0.0286. The van der Waals surface area contributed by atoms with Crippen molar-refractivity contribution in [2.75, 3.05) is 140 Å². The van der Waals surface area contributed by atoms with Gasteiger partial charge in [-0.25, -0.2) is 26.5 Å². The van der Waals surface area contributed by atoms with Crippen LogP contribution in [0.25, 0.3) is 16.0 Å². The maximum Gasteiger partial charge on any atom is 0.501 e. The van der Waals surface area contributed by atoms with Crippen molar-refractivity contribution in [2.24, 2.45) is 10.8 Å². The van der Waals surface area contributed by atoms with E-state index in [2.05, 4.69) is 69.4 Å². The van der Waals surface area contributed by atoms with Crippen LogP contribution in [0.2, 0.25) is 5.02 Å². The van der Waals surface area contributed by atoms with Gasteiger partial charge in [-0.3, -0.25) is 48.5 Å². The molecular formula is C84H105ClF3N13O11S4. The number of thioether (sulfide) groups is 1. The second kappa shape index (κ2) is 35.0. The van der Waals surface area contributed by atoms with Crippen LogP contribution in [-0.4, -0.2) is 268 Å². The van der Waals surface area contributed by atoms with E-state index in [1.165, 1.54) is 39.9 Å². The zero-order valence-electron chi connectivity index (χ0n) is 66.5. The number of sulfone groups is 1. The van der Waals surface area contributed by atoms with Gasteiger partial charge in [-0.15, -0.1) is 23.1 Å². The number of amides is 5. The zero-order valence-corrected chi connectivity index (χ0v) is 70.5. The lowest BCUT2D eigenvalue weighted by Gasteiger charge is -2.80. The van der Waals surface area contributed by atoms with Crippen LogP contribution in [0.1, 0.15) is 113 Å². The van der Waals surface area contributed by atoms with Crippen LogP contribution in [0.5, 0.6) is 0 Å². The Bertz CT molecular complexity index is 4820. The molecule has 6 saturated heterocycles. The van der Waals surface area contributed by atoms with Crippen molar-refractivity contribution in [3.8, 4) is 10.4 Å². The summed E-state index contributed by atoms with van der Waals surface area (Å²) in [6.45, 7) is 23.0. The summed E-state index contributed by atoms with van der Waals surface area (Å²) in [5.41, 5.74) is 2.19. The van der Waals surface area contributed by atoms with E-state index in [4.69, 9.17) is 16.3 Å². The first-order valence-corrected chi connectivity index (χ1v) is 45.3. The first-order chi connectivity index (χ1) is 55.2. The Balaban J connectivity index is 0.541. The van der Waals surface area contributed by atoms with E-state index < -0.39 is 82.3 Å². The van der Waals surface area contributed by atoms with Gasteiger partial charge in [0.15, 0.2) is 0 Å². The van der Waals surface area contributed by atoms with Gasteiger partial charge in [0.1, 0.15) is 17.0 Å². The summed E-state index contributed by atoms with van der Waals surface area (Å²) in [6.07, 6.45) is 4.21. The van der Waals surface area contributed by atoms with Crippen molar-refractivity contribution in [3.63, 3.8) is 0 Å². The van der Waals surface area contributed by atoms with Gasteiger partial charge < -0.3 is 40.5 Å². The number of carbonyl (C=O) groups is 5. The minimum atomic E-state index is -6.11. The van der Waals surface area contributed by atoms with Crippen molar-refractivity contribution >= 4 is 101 Å². The number of thiazole rings is 1. The summed E-state index contributed by atoms with van der Waals surface area (Å²) >= 11 is 9.43. The predicted octanol–water partition coefficient (Wildman–Crippen LogP) is 9.66. The summed E-state index contributed by atoms with van der Waals surface area (Å²) in [5, 5.41) is 20.7. The third kappa shape index (κ3) is 18.7. The largest absolute Gasteiger partial charge is 0.501 e. The minimum absolute atomic E-state index is 0.0262. The number of aromatic nitrogens is 1. The first-order valence-electron chi connectivity index (χ1n) is 40.1. The number of hydrogen-bond donors (Lipinski definition) is 5. The number of aliphatic hydroxyl groups is 1. The highest BCUT2D eigenvalue weighted by atomic mass is 35.5. The summed E-state index contributed by atoms with van der Waals surface area (Å²) in [4.78, 5) is 92.1. The maximum atomic E-state index is 14.6. The number of benzene rings is 5. The van der Waals surface area contributed by atoms with Crippen LogP contribution in [-0.2, 0) is 43.8 Å². The molecule has 1 aromatic heterocycles. The fourth-order valence-corrected chi connectivity index (χ4v) is 22.2. The molecule has 6 aliphatic heterocycles. The molecule has 7 fully saturated rings. The Morgan fingerprint density at radius 2 is 1.47 bits per heavy atom. The Morgan fingerprint density at radius 3 is 2.12 bits per heavy atom.